The lowest BCUT2D eigenvalue weighted by Gasteiger charge is -2.11. The number of nitrogens with two attached hydrogens (primary N) is 1. The molecule has 0 aromatic rings. The average Bonchev–Trinajstić information content (AvgIpc) is 2.93. The number of nitrogens with one attached hydrogen (secondary N) is 1. The van der Waals surface area contributed by atoms with Gasteiger partial charge in [0.15, 0.2) is 0 Å². The molecular weight excluding hydrogens is 164 g/mol. The predicted octanol–water partition coefficient (Wildman–Crippen LogP) is 0.255. The summed E-state index contributed by atoms with van der Waals surface area (Å²) in [4.78, 5) is 11.5. The number of amides is 1. The Labute approximate surface area is 79.1 Å². The highest BCUT2D eigenvalue weighted by Crippen LogP contribution is 2.44. The average molecular weight is 180 g/mol. The molecule has 0 unspecified atom stereocenters. The van der Waals surface area contributed by atoms with Crippen LogP contribution < -0.4 is 11.1 Å². The molecule has 3 heteroatoms. The summed E-state index contributed by atoms with van der Waals surface area (Å²) in [5, 5.41) is 2.86. The molecule has 0 aliphatic heterocycles. The first kappa shape index (κ1) is 10.1. The maximum Gasteiger partial charge on any atom is 0.227 e. The SMILES string of the molecule is C#CCCCNC(=O)C1(CN)CC1. The predicted molar refractivity (Wildman–Crippen MR) is 51.8 cm³/mol. The molecule has 13 heavy (non-hydrogen) atoms. The molecule has 0 heterocycles. The summed E-state index contributed by atoms with van der Waals surface area (Å²) in [5.74, 6) is 2.64. The van der Waals surface area contributed by atoms with E-state index in [4.69, 9.17) is 12.2 Å². The van der Waals surface area contributed by atoms with Crippen LogP contribution in [-0.4, -0.2) is 19.0 Å². The van der Waals surface area contributed by atoms with Gasteiger partial charge in [0, 0.05) is 19.5 Å². The molecule has 0 bridgehead atoms. The molecule has 0 aromatic heterocycles. The second-order valence-corrected chi connectivity index (χ2v) is 3.55. The van der Waals surface area contributed by atoms with Gasteiger partial charge in [0.25, 0.3) is 0 Å². The maximum absolute atomic E-state index is 11.5. The van der Waals surface area contributed by atoms with Gasteiger partial charge in [-0.05, 0) is 19.3 Å². The van der Waals surface area contributed by atoms with E-state index >= 15 is 0 Å². The second kappa shape index (κ2) is 4.29. The molecule has 0 saturated heterocycles. The topological polar surface area (TPSA) is 55.1 Å². The minimum atomic E-state index is -0.226. The van der Waals surface area contributed by atoms with Crippen molar-refractivity contribution in [2.24, 2.45) is 11.1 Å². The number of unbranched alkanes of at least 4 members (excludes halogenated alkanes) is 1. The van der Waals surface area contributed by atoms with Crippen LogP contribution in [-0.2, 0) is 4.79 Å². The zero-order valence-electron chi connectivity index (χ0n) is 7.81. The highest BCUT2D eigenvalue weighted by atomic mass is 16.2. The van der Waals surface area contributed by atoms with E-state index in [1.807, 2.05) is 0 Å². The number of carbonyl (C=O) groups excluding carboxylic acids is 1. The van der Waals surface area contributed by atoms with E-state index in [1.54, 1.807) is 0 Å². The number of terminal acetylenes is 1. The lowest BCUT2D eigenvalue weighted by Crippen LogP contribution is -2.36. The van der Waals surface area contributed by atoms with Crippen LogP contribution in [0.1, 0.15) is 25.7 Å². The fraction of sp³-hybridized carbons (Fsp3) is 0.700. The molecule has 1 aliphatic carbocycles. The zero-order chi connectivity index (χ0) is 9.73. The van der Waals surface area contributed by atoms with Gasteiger partial charge >= 0.3 is 0 Å². The standard InChI is InChI=1S/C10H16N2O/c1-2-3-4-7-12-9(13)10(8-11)5-6-10/h1H,3-8,11H2,(H,12,13). The number of rotatable bonds is 5. The van der Waals surface area contributed by atoms with Crippen molar-refractivity contribution in [1.82, 2.24) is 5.32 Å². The van der Waals surface area contributed by atoms with Gasteiger partial charge in [-0.3, -0.25) is 4.79 Å². The van der Waals surface area contributed by atoms with Crippen molar-refractivity contribution >= 4 is 5.91 Å². The van der Waals surface area contributed by atoms with Gasteiger partial charge < -0.3 is 11.1 Å². The fourth-order valence-electron chi connectivity index (χ4n) is 1.25. The molecule has 0 atom stereocenters. The minimum Gasteiger partial charge on any atom is -0.356 e. The van der Waals surface area contributed by atoms with Crippen molar-refractivity contribution in [1.29, 1.82) is 0 Å². The molecular formula is C10H16N2O. The summed E-state index contributed by atoms with van der Waals surface area (Å²) in [6.07, 6.45) is 8.53. The zero-order valence-corrected chi connectivity index (χ0v) is 7.81. The van der Waals surface area contributed by atoms with Crippen molar-refractivity contribution in [2.75, 3.05) is 13.1 Å². The van der Waals surface area contributed by atoms with Crippen LogP contribution in [0.3, 0.4) is 0 Å². The Hall–Kier alpha value is -1.01. The summed E-state index contributed by atoms with van der Waals surface area (Å²) in [7, 11) is 0. The summed E-state index contributed by atoms with van der Waals surface area (Å²) in [6.45, 7) is 1.14. The van der Waals surface area contributed by atoms with Gasteiger partial charge in [0.1, 0.15) is 0 Å². The van der Waals surface area contributed by atoms with Crippen LogP contribution in [0.25, 0.3) is 0 Å². The van der Waals surface area contributed by atoms with Gasteiger partial charge in [-0.15, -0.1) is 12.3 Å². The molecule has 0 spiro atoms. The maximum atomic E-state index is 11.5. The highest BCUT2D eigenvalue weighted by molar-refractivity contribution is 5.85. The molecule has 72 valence electrons. The van der Waals surface area contributed by atoms with Crippen molar-refractivity contribution in [3.8, 4) is 12.3 Å². The van der Waals surface area contributed by atoms with Crippen LogP contribution in [0.4, 0.5) is 0 Å². The van der Waals surface area contributed by atoms with Crippen LogP contribution >= 0.6 is 0 Å². The third-order valence-corrected chi connectivity index (χ3v) is 2.51. The van der Waals surface area contributed by atoms with Crippen molar-refractivity contribution in [3.63, 3.8) is 0 Å². The third-order valence-electron chi connectivity index (χ3n) is 2.51. The molecule has 0 aromatic carbocycles. The molecule has 3 N–H and O–H groups in total. The summed E-state index contributed by atoms with van der Waals surface area (Å²) in [5.41, 5.74) is 5.28. The van der Waals surface area contributed by atoms with Crippen LogP contribution in [0, 0.1) is 17.8 Å². The Morgan fingerprint density at radius 2 is 2.31 bits per heavy atom. The Morgan fingerprint density at radius 3 is 2.77 bits per heavy atom. The molecule has 0 radical (unpaired) electrons. The normalized spacial score (nSPS) is 17.5. The minimum absolute atomic E-state index is 0.104. The highest BCUT2D eigenvalue weighted by Gasteiger charge is 2.48. The Kier molecular flexibility index (Phi) is 3.32. The van der Waals surface area contributed by atoms with Crippen molar-refractivity contribution in [3.05, 3.63) is 0 Å². The monoisotopic (exact) mass is 180 g/mol. The number of hydrogen-bond donors (Lipinski definition) is 2. The first-order valence-corrected chi connectivity index (χ1v) is 4.67. The first-order chi connectivity index (χ1) is 6.25. The van der Waals surface area contributed by atoms with E-state index in [9.17, 15) is 4.79 Å². The van der Waals surface area contributed by atoms with Gasteiger partial charge in [0.2, 0.25) is 5.91 Å². The summed E-state index contributed by atoms with van der Waals surface area (Å²) < 4.78 is 0. The fourth-order valence-corrected chi connectivity index (χ4v) is 1.25. The smallest absolute Gasteiger partial charge is 0.227 e. The van der Waals surface area contributed by atoms with Crippen LogP contribution in [0.2, 0.25) is 0 Å². The van der Waals surface area contributed by atoms with Gasteiger partial charge in [-0.2, -0.15) is 0 Å². The second-order valence-electron chi connectivity index (χ2n) is 3.55. The van der Waals surface area contributed by atoms with E-state index in [-0.39, 0.29) is 11.3 Å². The Bertz CT molecular complexity index is 226. The van der Waals surface area contributed by atoms with E-state index in [2.05, 4.69) is 11.2 Å². The summed E-state index contributed by atoms with van der Waals surface area (Å²) >= 11 is 0. The summed E-state index contributed by atoms with van der Waals surface area (Å²) in [6, 6.07) is 0. The van der Waals surface area contributed by atoms with Crippen molar-refractivity contribution < 1.29 is 4.79 Å². The lowest BCUT2D eigenvalue weighted by molar-refractivity contribution is -0.125. The quantitative estimate of drug-likeness (QED) is 0.471. The largest absolute Gasteiger partial charge is 0.356 e. The lowest BCUT2D eigenvalue weighted by atomic mass is 10.1. The van der Waals surface area contributed by atoms with Gasteiger partial charge in [-0.1, -0.05) is 0 Å². The van der Waals surface area contributed by atoms with Crippen LogP contribution in [0.15, 0.2) is 0 Å². The van der Waals surface area contributed by atoms with Gasteiger partial charge in [0.05, 0.1) is 5.41 Å². The first-order valence-electron chi connectivity index (χ1n) is 4.67. The third kappa shape index (κ3) is 2.46. The number of hydrogen-bond acceptors (Lipinski definition) is 2. The van der Waals surface area contributed by atoms with Gasteiger partial charge in [-0.25, -0.2) is 0 Å². The molecule has 1 amide bonds. The van der Waals surface area contributed by atoms with Crippen LogP contribution in [0.5, 0.6) is 0 Å². The van der Waals surface area contributed by atoms with E-state index in [0.717, 1.165) is 25.7 Å². The van der Waals surface area contributed by atoms with Crippen molar-refractivity contribution in [2.45, 2.75) is 25.7 Å². The molecule has 1 fully saturated rings. The van der Waals surface area contributed by atoms with E-state index in [0.29, 0.717) is 13.1 Å². The Balaban J connectivity index is 2.15. The van der Waals surface area contributed by atoms with E-state index < -0.39 is 0 Å². The molecule has 1 rings (SSSR count). The Morgan fingerprint density at radius 1 is 1.62 bits per heavy atom. The molecule has 1 saturated carbocycles. The molecule has 3 nitrogen and oxygen atoms in total. The van der Waals surface area contributed by atoms with E-state index in [1.165, 1.54) is 0 Å². The number of carbonyl (C=O) groups is 1. The molecule has 1 aliphatic rings.